The van der Waals surface area contributed by atoms with E-state index >= 15 is 0 Å². The van der Waals surface area contributed by atoms with Gasteiger partial charge < -0.3 is 15.2 Å². The number of benzene rings is 1. The Labute approximate surface area is 150 Å². The zero-order valence-electron chi connectivity index (χ0n) is 15.3. The van der Waals surface area contributed by atoms with Crippen molar-refractivity contribution in [1.29, 1.82) is 0 Å². The third-order valence-electron chi connectivity index (χ3n) is 6.08. The molecule has 1 aromatic rings. The first-order valence-corrected chi connectivity index (χ1v) is 9.42. The van der Waals surface area contributed by atoms with E-state index in [-0.39, 0.29) is 29.6 Å². The lowest BCUT2D eigenvalue weighted by molar-refractivity contribution is -0.210. The second-order valence-corrected chi connectivity index (χ2v) is 7.34. The molecule has 0 bridgehead atoms. The third-order valence-corrected chi connectivity index (χ3v) is 6.08. The summed E-state index contributed by atoms with van der Waals surface area (Å²) < 4.78 is 5.81. The summed E-state index contributed by atoms with van der Waals surface area (Å²) in [4.78, 5) is 14.7. The van der Waals surface area contributed by atoms with Gasteiger partial charge in [-0.1, -0.05) is 30.3 Å². The monoisotopic (exact) mass is 346 g/mol. The van der Waals surface area contributed by atoms with Gasteiger partial charge in [-0.25, -0.2) is 0 Å². The van der Waals surface area contributed by atoms with E-state index in [1.165, 1.54) is 0 Å². The fourth-order valence-corrected chi connectivity index (χ4v) is 4.24. The highest BCUT2D eigenvalue weighted by Crippen LogP contribution is 2.51. The van der Waals surface area contributed by atoms with Gasteiger partial charge in [0, 0.05) is 25.0 Å². The molecule has 1 saturated carbocycles. The van der Waals surface area contributed by atoms with Crippen molar-refractivity contribution in [3.63, 3.8) is 0 Å². The number of amides is 1. The lowest BCUT2D eigenvalue weighted by Gasteiger charge is -2.57. The van der Waals surface area contributed by atoms with Gasteiger partial charge in [-0.2, -0.15) is 0 Å². The SMILES string of the molecule is CCOC1CC(O)C12CCN(C(C)C(=O)NCc1ccccc1)CC2. The quantitative estimate of drug-likeness (QED) is 0.826. The summed E-state index contributed by atoms with van der Waals surface area (Å²) in [6.07, 6.45) is 2.47. The number of nitrogens with one attached hydrogen (secondary N) is 1. The molecular formula is C20H30N2O3. The highest BCUT2D eigenvalue weighted by atomic mass is 16.5. The molecule has 1 aromatic carbocycles. The topological polar surface area (TPSA) is 61.8 Å². The zero-order valence-corrected chi connectivity index (χ0v) is 15.3. The average molecular weight is 346 g/mol. The highest BCUT2D eigenvalue weighted by Gasteiger charge is 2.56. The average Bonchev–Trinajstić information content (AvgIpc) is 2.66. The van der Waals surface area contributed by atoms with Crippen LogP contribution in [-0.4, -0.2) is 53.9 Å². The van der Waals surface area contributed by atoms with Crippen LogP contribution in [0.2, 0.25) is 0 Å². The molecule has 1 spiro atoms. The van der Waals surface area contributed by atoms with Crippen LogP contribution in [0, 0.1) is 5.41 Å². The van der Waals surface area contributed by atoms with Crippen molar-refractivity contribution in [3.8, 4) is 0 Å². The van der Waals surface area contributed by atoms with Gasteiger partial charge >= 0.3 is 0 Å². The fraction of sp³-hybridized carbons (Fsp3) is 0.650. The Hall–Kier alpha value is -1.43. The molecule has 5 nitrogen and oxygen atoms in total. The number of carbonyl (C=O) groups is 1. The Morgan fingerprint density at radius 3 is 2.64 bits per heavy atom. The minimum Gasteiger partial charge on any atom is -0.392 e. The van der Waals surface area contributed by atoms with Gasteiger partial charge in [0.2, 0.25) is 5.91 Å². The van der Waals surface area contributed by atoms with E-state index < -0.39 is 0 Å². The number of hydrogen-bond donors (Lipinski definition) is 2. The number of hydrogen-bond acceptors (Lipinski definition) is 4. The van der Waals surface area contributed by atoms with Gasteiger partial charge in [0.1, 0.15) is 0 Å². The standard InChI is InChI=1S/C20H30N2O3/c1-3-25-18-13-17(23)20(18)9-11-22(12-10-20)15(2)19(24)21-14-16-7-5-4-6-8-16/h4-8,15,17-18,23H,3,9-14H2,1-2H3,(H,21,24). The lowest BCUT2D eigenvalue weighted by Crippen LogP contribution is -2.63. The summed E-state index contributed by atoms with van der Waals surface area (Å²) >= 11 is 0. The summed E-state index contributed by atoms with van der Waals surface area (Å²) in [5, 5.41) is 13.3. The van der Waals surface area contributed by atoms with Gasteiger partial charge in [-0.05, 0) is 45.3 Å². The summed E-state index contributed by atoms with van der Waals surface area (Å²) in [6.45, 7) is 6.90. The Balaban J connectivity index is 1.49. The van der Waals surface area contributed by atoms with Crippen molar-refractivity contribution in [1.82, 2.24) is 10.2 Å². The molecule has 3 rings (SSSR count). The molecule has 138 valence electrons. The Morgan fingerprint density at radius 1 is 1.36 bits per heavy atom. The molecule has 1 heterocycles. The number of likely N-dealkylation sites (tertiary alicyclic amines) is 1. The number of aliphatic hydroxyl groups excluding tert-OH is 1. The van der Waals surface area contributed by atoms with Crippen molar-refractivity contribution in [2.45, 2.75) is 57.9 Å². The second kappa shape index (κ2) is 7.85. The van der Waals surface area contributed by atoms with Crippen LogP contribution in [0.15, 0.2) is 30.3 Å². The summed E-state index contributed by atoms with van der Waals surface area (Å²) in [5.74, 6) is 0.0651. The van der Waals surface area contributed by atoms with Crippen molar-refractivity contribution < 1.29 is 14.6 Å². The van der Waals surface area contributed by atoms with E-state index in [1.807, 2.05) is 44.2 Å². The minimum atomic E-state index is -0.256. The smallest absolute Gasteiger partial charge is 0.237 e. The number of rotatable bonds is 6. The normalized spacial score (nSPS) is 26.8. The number of nitrogens with zero attached hydrogens (tertiary/aromatic N) is 1. The molecule has 0 aromatic heterocycles. The van der Waals surface area contributed by atoms with Crippen LogP contribution in [0.5, 0.6) is 0 Å². The van der Waals surface area contributed by atoms with Crippen LogP contribution in [-0.2, 0) is 16.1 Å². The first-order valence-electron chi connectivity index (χ1n) is 9.42. The van der Waals surface area contributed by atoms with E-state index in [0.29, 0.717) is 13.2 Å². The molecular weight excluding hydrogens is 316 g/mol. The van der Waals surface area contributed by atoms with Gasteiger partial charge in [0.25, 0.3) is 0 Å². The van der Waals surface area contributed by atoms with Crippen LogP contribution < -0.4 is 5.32 Å². The maximum atomic E-state index is 12.5. The van der Waals surface area contributed by atoms with E-state index in [4.69, 9.17) is 4.74 Å². The highest BCUT2D eigenvalue weighted by molar-refractivity contribution is 5.81. The van der Waals surface area contributed by atoms with E-state index in [0.717, 1.165) is 37.9 Å². The molecule has 1 aliphatic carbocycles. The molecule has 2 fully saturated rings. The molecule has 1 saturated heterocycles. The van der Waals surface area contributed by atoms with Crippen molar-refractivity contribution in [2.75, 3.05) is 19.7 Å². The molecule has 1 amide bonds. The van der Waals surface area contributed by atoms with Crippen molar-refractivity contribution in [3.05, 3.63) is 35.9 Å². The van der Waals surface area contributed by atoms with E-state index in [9.17, 15) is 9.90 Å². The fourth-order valence-electron chi connectivity index (χ4n) is 4.24. The molecule has 3 unspecified atom stereocenters. The van der Waals surface area contributed by atoms with Gasteiger partial charge in [0.15, 0.2) is 0 Å². The van der Waals surface area contributed by atoms with Crippen LogP contribution in [0.1, 0.15) is 38.7 Å². The first kappa shape index (κ1) is 18.4. The second-order valence-electron chi connectivity index (χ2n) is 7.34. The largest absolute Gasteiger partial charge is 0.392 e. The third kappa shape index (κ3) is 3.73. The maximum absolute atomic E-state index is 12.5. The van der Waals surface area contributed by atoms with E-state index in [1.54, 1.807) is 0 Å². The molecule has 2 aliphatic rings. The molecule has 0 radical (unpaired) electrons. The summed E-state index contributed by atoms with van der Waals surface area (Å²) in [5.41, 5.74) is 1.02. The van der Waals surface area contributed by atoms with Gasteiger partial charge in [-0.3, -0.25) is 9.69 Å². The Kier molecular flexibility index (Phi) is 5.77. The minimum absolute atomic E-state index is 0.0651. The van der Waals surface area contributed by atoms with Gasteiger partial charge in [-0.15, -0.1) is 0 Å². The maximum Gasteiger partial charge on any atom is 0.237 e. The van der Waals surface area contributed by atoms with Crippen molar-refractivity contribution >= 4 is 5.91 Å². The number of ether oxygens (including phenoxy) is 1. The van der Waals surface area contributed by atoms with Crippen molar-refractivity contribution in [2.24, 2.45) is 5.41 Å². The predicted molar refractivity (Wildman–Crippen MR) is 97.0 cm³/mol. The predicted octanol–water partition coefficient (Wildman–Crippen LogP) is 1.94. The summed E-state index contributed by atoms with van der Waals surface area (Å²) in [7, 11) is 0. The lowest BCUT2D eigenvalue weighted by atomic mass is 9.58. The van der Waals surface area contributed by atoms with Gasteiger partial charge in [0.05, 0.1) is 18.2 Å². The Morgan fingerprint density at radius 2 is 2.04 bits per heavy atom. The molecule has 25 heavy (non-hydrogen) atoms. The van der Waals surface area contributed by atoms with E-state index in [2.05, 4.69) is 10.2 Å². The van der Waals surface area contributed by atoms with Crippen LogP contribution >= 0.6 is 0 Å². The molecule has 3 atom stereocenters. The summed E-state index contributed by atoms with van der Waals surface area (Å²) in [6, 6.07) is 9.82. The molecule has 1 aliphatic heterocycles. The molecule has 2 N–H and O–H groups in total. The molecule has 5 heteroatoms. The van der Waals surface area contributed by atoms with Crippen LogP contribution in [0.4, 0.5) is 0 Å². The Bertz CT molecular complexity index is 568. The zero-order chi connectivity index (χ0) is 17.9. The number of piperidine rings is 1. The number of aliphatic hydroxyl groups is 1. The first-order chi connectivity index (χ1) is 12.1. The van der Waals surface area contributed by atoms with Crippen LogP contribution in [0.25, 0.3) is 0 Å². The van der Waals surface area contributed by atoms with Crippen LogP contribution in [0.3, 0.4) is 0 Å². The number of carbonyl (C=O) groups excluding carboxylic acids is 1.